The van der Waals surface area contributed by atoms with Gasteiger partial charge in [-0.15, -0.1) is 5.10 Å². The van der Waals surface area contributed by atoms with Crippen LogP contribution in [0.3, 0.4) is 0 Å². The maximum Gasteiger partial charge on any atom is 0.337 e. The number of amides is 1. The first-order chi connectivity index (χ1) is 15.0. The molecule has 1 aromatic carbocycles. The lowest BCUT2D eigenvalue weighted by molar-refractivity contribution is -0.117. The third-order valence-electron chi connectivity index (χ3n) is 5.07. The van der Waals surface area contributed by atoms with Crippen molar-refractivity contribution in [3.8, 4) is 0 Å². The Morgan fingerprint density at radius 2 is 1.87 bits per heavy atom. The molecule has 0 fully saturated rings. The Balaban J connectivity index is 1.54. The van der Waals surface area contributed by atoms with Crippen molar-refractivity contribution in [2.45, 2.75) is 25.9 Å². The highest BCUT2D eigenvalue weighted by Gasteiger charge is 2.27. The highest BCUT2D eigenvalue weighted by atomic mass is 16.5. The average Bonchev–Trinajstić information content (AvgIpc) is 3.21. The van der Waals surface area contributed by atoms with Crippen molar-refractivity contribution >= 4 is 23.5 Å². The van der Waals surface area contributed by atoms with E-state index in [0.717, 1.165) is 23.2 Å². The van der Waals surface area contributed by atoms with Gasteiger partial charge in [0.05, 0.1) is 12.7 Å². The second-order valence-electron chi connectivity index (χ2n) is 7.10. The first-order valence-corrected chi connectivity index (χ1v) is 9.82. The molecule has 1 amide bonds. The van der Waals surface area contributed by atoms with E-state index in [1.54, 1.807) is 12.1 Å². The quantitative estimate of drug-likeness (QED) is 0.561. The number of allylic oxidation sites excluding steroid dienone is 3. The maximum absolute atomic E-state index is 12.5. The van der Waals surface area contributed by atoms with Gasteiger partial charge in [-0.05, 0) is 43.2 Å². The van der Waals surface area contributed by atoms with E-state index in [2.05, 4.69) is 21.2 Å². The SMILES string of the molecule is COC(=O)c1ccc(NC(=O)Cn2nc3n(c(=O)c2=O)CCN3C2=CCCC=C2)cc1. The Hall–Kier alpha value is -3.95. The number of carbonyl (C=O) groups is 2. The predicted molar refractivity (Wildman–Crippen MR) is 113 cm³/mol. The van der Waals surface area contributed by atoms with Gasteiger partial charge in [0.2, 0.25) is 11.9 Å². The van der Waals surface area contributed by atoms with E-state index in [0.29, 0.717) is 30.3 Å². The van der Waals surface area contributed by atoms with Crippen LogP contribution in [0.15, 0.2) is 57.8 Å². The molecule has 1 aliphatic carbocycles. The Morgan fingerprint density at radius 3 is 2.55 bits per heavy atom. The Bertz CT molecular complexity index is 1210. The number of anilines is 2. The topological polar surface area (TPSA) is 116 Å². The number of methoxy groups -OCH3 is 1. The maximum atomic E-state index is 12.5. The van der Waals surface area contributed by atoms with E-state index in [9.17, 15) is 19.2 Å². The molecule has 0 radical (unpaired) electrons. The van der Waals surface area contributed by atoms with Gasteiger partial charge >= 0.3 is 17.1 Å². The molecule has 0 unspecified atom stereocenters. The van der Waals surface area contributed by atoms with E-state index in [1.807, 2.05) is 17.1 Å². The normalized spacial score (nSPS) is 14.7. The molecule has 10 heteroatoms. The molecule has 4 rings (SSSR count). The number of fused-ring (bicyclic) bond motifs is 1. The van der Waals surface area contributed by atoms with Crippen molar-refractivity contribution in [1.82, 2.24) is 14.3 Å². The molecule has 10 nitrogen and oxygen atoms in total. The molecule has 0 saturated heterocycles. The first kappa shape index (κ1) is 20.3. The predicted octanol–water partition coefficient (Wildman–Crippen LogP) is 0.884. The second kappa shape index (κ2) is 8.42. The van der Waals surface area contributed by atoms with E-state index in [1.165, 1.54) is 23.8 Å². The van der Waals surface area contributed by atoms with Gasteiger partial charge in [-0.1, -0.05) is 12.2 Å². The van der Waals surface area contributed by atoms with Gasteiger partial charge in [0.15, 0.2) is 0 Å². The molecule has 0 saturated carbocycles. The fourth-order valence-corrected chi connectivity index (χ4v) is 3.52. The zero-order chi connectivity index (χ0) is 22.0. The van der Waals surface area contributed by atoms with Crippen molar-refractivity contribution in [3.63, 3.8) is 0 Å². The van der Waals surface area contributed by atoms with Crippen LogP contribution in [-0.4, -0.2) is 39.9 Å². The fourth-order valence-electron chi connectivity index (χ4n) is 3.52. The van der Waals surface area contributed by atoms with Crippen molar-refractivity contribution < 1.29 is 14.3 Å². The van der Waals surface area contributed by atoms with Crippen LogP contribution in [0.1, 0.15) is 23.2 Å². The number of rotatable bonds is 5. The molecule has 2 aliphatic rings. The summed E-state index contributed by atoms with van der Waals surface area (Å²) in [4.78, 5) is 50.8. The van der Waals surface area contributed by atoms with Crippen LogP contribution in [0.25, 0.3) is 0 Å². The van der Waals surface area contributed by atoms with Gasteiger partial charge in [-0.25, -0.2) is 9.48 Å². The van der Waals surface area contributed by atoms with Crippen molar-refractivity contribution in [2.75, 3.05) is 23.9 Å². The van der Waals surface area contributed by atoms with Crippen LogP contribution in [0, 0.1) is 0 Å². The van der Waals surface area contributed by atoms with Crippen molar-refractivity contribution in [2.24, 2.45) is 0 Å². The number of carbonyl (C=O) groups excluding carboxylic acids is 2. The number of hydrogen-bond acceptors (Lipinski definition) is 7. The summed E-state index contributed by atoms with van der Waals surface area (Å²) >= 11 is 0. The molecule has 0 spiro atoms. The summed E-state index contributed by atoms with van der Waals surface area (Å²) in [5.41, 5.74) is 0.140. The van der Waals surface area contributed by atoms with Gasteiger partial charge < -0.3 is 15.0 Å². The number of hydrogen-bond donors (Lipinski definition) is 1. The third-order valence-corrected chi connectivity index (χ3v) is 5.07. The van der Waals surface area contributed by atoms with Crippen molar-refractivity contribution in [3.05, 3.63) is 74.5 Å². The molecule has 31 heavy (non-hydrogen) atoms. The number of ether oxygens (including phenoxy) is 1. The molecule has 2 aromatic rings. The number of esters is 1. The minimum Gasteiger partial charge on any atom is -0.465 e. The van der Waals surface area contributed by atoms with Gasteiger partial charge in [0, 0.05) is 24.5 Å². The van der Waals surface area contributed by atoms with Gasteiger partial charge in [0.1, 0.15) is 6.54 Å². The standard InChI is InChI=1S/C21H21N5O5/c1-31-20(30)14-7-9-15(10-8-14)22-17(27)13-26-19(29)18(28)25-12-11-24(21(25)23-26)16-5-3-2-4-6-16/h3,5-10H,2,4,11-13H2,1H3,(H,22,27). The molecule has 160 valence electrons. The molecule has 0 bridgehead atoms. The molecule has 2 heterocycles. The minimum atomic E-state index is -0.852. The van der Waals surface area contributed by atoms with Crippen molar-refractivity contribution in [1.29, 1.82) is 0 Å². The molecular formula is C21H21N5O5. The Kier molecular flexibility index (Phi) is 5.52. The summed E-state index contributed by atoms with van der Waals surface area (Å²) in [5.74, 6) is -0.663. The molecule has 0 atom stereocenters. The highest BCUT2D eigenvalue weighted by Crippen LogP contribution is 2.23. The lowest BCUT2D eigenvalue weighted by Gasteiger charge is -2.20. The Morgan fingerprint density at radius 1 is 1.10 bits per heavy atom. The summed E-state index contributed by atoms with van der Waals surface area (Å²) in [6.07, 6.45) is 7.92. The van der Waals surface area contributed by atoms with E-state index in [-0.39, 0.29) is 0 Å². The lowest BCUT2D eigenvalue weighted by Crippen LogP contribution is -2.44. The van der Waals surface area contributed by atoms with Crippen LogP contribution in [-0.2, 0) is 22.6 Å². The zero-order valence-corrected chi connectivity index (χ0v) is 16.9. The number of nitrogens with zero attached hydrogens (tertiary/aromatic N) is 4. The zero-order valence-electron chi connectivity index (χ0n) is 16.9. The van der Waals surface area contributed by atoms with Crippen LogP contribution in [0.4, 0.5) is 11.6 Å². The van der Waals surface area contributed by atoms with Crippen LogP contribution in [0.2, 0.25) is 0 Å². The summed E-state index contributed by atoms with van der Waals surface area (Å²) in [6, 6.07) is 6.11. The van der Waals surface area contributed by atoms with Crippen LogP contribution >= 0.6 is 0 Å². The van der Waals surface area contributed by atoms with Gasteiger partial charge in [0.25, 0.3) is 0 Å². The summed E-state index contributed by atoms with van der Waals surface area (Å²) in [5, 5.41) is 6.92. The lowest BCUT2D eigenvalue weighted by atomic mass is 10.1. The number of aromatic nitrogens is 3. The van der Waals surface area contributed by atoms with E-state index < -0.39 is 29.5 Å². The first-order valence-electron chi connectivity index (χ1n) is 9.82. The smallest absolute Gasteiger partial charge is 0.337 e. The molecule has 1 aliphatic heterocycles. The second-order valence-corrected chi connectivity index (χ2v) is 7.10. The molecule has 1 N–H and O–H groups in total. The Labute approximate surface area is 177 Å². The van der Waals surface area contributed by atoms with Gasteiger partial charge in [-0.2, -0.15) is 0 Å². The highest BCUT2D eigenvalue weighted by molar-refractivity contribution is 5.92. The van der Waals surface area contributed by atoms with Crippen LogP contribution < -0.4 is 21.3 Å². The van der Waals surface area contributed by atoms with Crippen LogP contribution in [0.5, 0.6) is 0 Å². The number of benzene rings is 1. The largest absolute Gasteiger partial charge is 0.465 e. The summed E-state index contributed by atoms with van der Waals surface area (Å²) in [6.45, 7) is 0.477. The van der Waals surface area contributed by atoms with E-state index >= 15 is 0 Å². The van der Waals surface area contributed by atoms with Gasteiger partial charge in [-0.3, -0.25) is 19.0 Å². The van der Waals surface area contributed by atoms with E-state index in [4.69, 9.17) is 0 Å². The summed E-state index contributed by atoms with van der Waals surface area (Å²) < 4.78 is 6.86. The number of nitrogens with one attached hydrogen (secondary N) is 1. The minimum absolute atomic E-state index is 0.344. The fraction of sp³-hybridized carbons (Fsp3) is 0.286. The molecule has 1 aromatic heterocycles. The average molecular weight is 423 g/mol. The summed E-state index contributed by atoms with van der Waals surface area (Å²) in [7, 11) is 1.28. The monoisotopic (exact) mass is 423 g/mol. The third kappa shape index (κ3) is 4.04. The molecular weight excluding hydrogens is 402 g/mol.